The van der Waals surface area contributed by atoms with Crippen LogP contribution in [0.25, 0.3) is 0 Å². The van der Waals surface area contributed by atoms with Crippen molar-refractivity contribution >= 4 is 11.8 Å². The van der Waals surface area contributed by atoms with Crippen LogP contribution < -0.4 is 5.32 Å². The number of hydrogen-bond acceptors (Lipinski definition) is 4. The zero-order chi connectivity index (χ0) is 13.2. The topological polar surface area (TPSA) is 28.4 Å². The lowest BCUT2D eigenvalue weighted by atomic mass is 10.2. The van der Waals surface area contributed by atoms with Gasteiger partial charge in [0.15, 0.2) is 0 Å². The van der Waals surface area contributed by atoms with Crippen LogP contribution >= 0.6 is 11.8 Å². The van der Waals surface area contributed by atoms with Gasteiger partial charge in [0, 0.05) is 42.2 Å². The van der Waals surface area contributed by atoms with Crippen molar-refractivity contribution < 1.29 is 4.42 Å². The van der Waals surface area contributed by atoms with Crippen molar-refractivity contribution in [1.82, 2.24) is 10.2 Å². The standard InChI is InChI=1S/C15H24N2OS/c1-11-10-19-6-5-17(11)9-15-7-13(12(2)18-15)8-16-14-3-4-14/h7,11,14,16H,3-6,8-10H2,1-2H3. The molecule has 1 unspecified atom stereocenters. The molecule has 1 N–H and O–H groups in total. The van der Waals surface area contributed by atoms with Crippen molar-refractivity contribution in [3.63, 3.8) is 0 Å². The SMILES string of the molecule is Cc1oc(CN2CCSCC2C)cc1CNC1CC1. The first-order valence-electron chi connectivity index (χ1n) is 7.36. The lowest BCUT2D eigenvalue weighted by Gasteiger charge is -2.32. The number of furan rings is 1. The Labute approximate surface area is 120 Å². The summed E-state index contributed by atoms with van der Waals surface area (Å²) in [7, 11) is 0. The van der Waals surface area contributed by atoms with Gasteiger partial charge in [0.1, 0.15) is 11.5 Å². The quantitative estimate of drug-likeness (QED) is 0.898. The molecule has 0 bridgehead atoms. The van der Waals surface area contributed by atoms with Gasteiger partial charge in [-0.05, 0) is 32.8 Å². The van der Waals surface area contributed by atoms with Gasteiger partial charge in [-0.2, -0.15) is 11.8 Å². The van der Waals surface area contributed by atoms with E-state index in [1.165, 1.54) is 36.5 Å². The average molecular weight is 280 g/mol. The minimum Gasteiger partial charge on any atom is -0.465 e. The van der Waals surface area contributed by atoms with Crippen LogP contribution in [0.1, 0.15) is 36.8 Å². The Morgan fingerprint density at radius 2 is 2.32 bits per heavy atom. The van der Waals surface area contributed by atoms with Gasteiger partial charge in [-0.15, -0.1) is 0 Å². The van der Waals surface area contributed by atoms with Crippen LogP contribution in [0, 0.1) is 6.92 Å². The van der Waals surface area contributed by atoms with E-state index in [4.69, 9.17) is 4.42 Å². The molecule has 0 radical (unpaired) electrons. The Morgan fingerprint density at radius 3 is 3.05 bits per heavy atom. The van der Waals surface area contributed by atoms with Gasteiger partial charge in [0.25, 0.3) is 0 Å². The van der Waals surface area contributed by atoms with Crippen LogP contribution in [-0.2, 0) is 13.1 Å². The molecule has 1 saturated heterocycles. The van der Waals surface area contributed by atoms with Crippen LogP contribution in [0.2, 0.25) is 0 Å². The number of thioether (sulfide) groups is 1. The van der Waals surface area contributed by atoms with Crippen LogP contribution in [0.3, 0.4) is 0 Å². The normalized spacial score (nSPS) is 24.8. The molecule has 2 heterocycles. The molecule has 1 saturated carbocycles. The highest BCUT2D eigenvalue weighted by atomic mass is 32.2. The van der Waals surface area contributed by atoms with E-state index in [1.807, 2.05) is 0 Å². The van der Waals surface area contributed by atoms with Crippen molar-refractivity contribution in [2.75, 3.05) is 18.1 Å². The predicted octanol–water partition coefficient (Wildman–Crippen LogP) is 2.78. The molecule has 106 valence electrons. The maximum absolute atomic E-state index is 5.93. The fourth-order valence-electron chi connectivity index (χ4n) is 2.58. The van der Waals surface area contributed by atoms with Gasteiger partial charge < -0.3 is 9.73 Å². The number of rotatable bonds is 5. The fourth-order valence-corrected chi connectivity index (χ4v) is 3.66. The Kier molecular flexibility index (Phi) is 4.20. The van der Waals surface area contributed by atoms with Gasteiger partial charge in [-0.1, -0.05) is 0 Å². The second-order valence-electron chi connectivity index (χ2n) is 5.84. The van der Waals surface area contributed by atoms with Crippen molar-refractivity contribution in [2.45, 2.75) is 51.9 Å². The Bertz CT molecular complexity index is 428. The molecule has 0 aromatic carbocycles. The summed E-state index contributed by atoms with van der Waals surface area (Å²) in [5, 5.41) is 3.56. The number of nitrogens with one attached hydrogen (secondary N) is 1. The monoisotopic (exact) mass is 280 g/mol. The maximum Gasteiger partial charge on any atom is 0.118 e. The summed E-state index contributed by atoms with van der Waals surface area (Å²) in [4.78, 5) is 2.53. The van der Waals surface area contributed by atoms with Crippen LogP contribution in [0.5, 0.6) is 0 Å². The van der Waals surface area contributed by atoms with Crippen molar-refractivity contribution in [3.8, 4) is 0 Å². The van der Waals surface area contributed by atoms with Crippen LogP contribution in [-0.4, -0.2) is 35.0 Å². The molecule has 2 fully saturated rings. The molecule has 1 aliphatic heterocycles. The Hall–Kier alpha value is -0.450. The van der Waals surface area contributed by atoms with Gasteiger partial charge >= 0.3 is 0 Å². The summed E-state index contributed by atoms with van der Waals surface area (Å²) in [5.74, 6) is 4.71. The van der Waals surface area contributed by atoms with Crippen LogP contribution in [0.4, 0.5) is 0 Å². The zero-order valence-corrected chi connectivity index (χ0v) is 12.8. The second kappa shape index (κ2) is 5.90. The van der Waals surface area contributed by atoms with Gasteiger partial charge in [-0.3, -0.25) is 4.90 Å². The van der Waals surface area contributed by atoms with Crippen LogP contribution in [0.15, 0.2) is 10.5 Å². The van der Waals surface area contributed by atoms with E-state index in [-0.39, 0.29) is 0 Å². The Morgan fingerprint density at radius 1 is 1.47 bits per heavy atom. The van der Waals surface area contributed by atoms with E-state index in [0.29, 0.717) is 6.04 Å². The molecule has 1 aromatic rings. The lowest BCUT2D eigenvalue weighted by Crippen LogP contribution is -2.39. The van der Waals surface area contributed by atoms with Crippen molar-refractivity contribution in [2.24, 2.45) is 0 Å². The van der Waals surface area contributed by atoms with E-state index in [9.17, 15) is 0 Å². The van der Waals surface area contributed by atoms with E-state index in [1.54, 1.807) is 0 Å². The third kappa shape index (κ3) is 3.56. The summed E-state index contributed by atoms with van der Waals surface area (Å²) in [5.41, 5.74) is 1.33. The number of nitrogens with zero attached hydrogens (tertiary/aromatic N) is 1. The van der Waals surface area contributed by atoms with Gasteiger partial charge in [0.2, 0.25) is 0 Å². The molecule has 1 atom stereocenters. The third-order valence-corrected chi connectivity index (χ3v) is 5.28. The molecule has 4 heteroatoms. The summed E-state index contributed by atoms with van der Waals surface area (Å²) >= 11 is 2.06. The minimum absolute atomic E-state index is 0.664. The number of aryl methyl sites for hydroxylation is 1. The van der Waals surface area contributed by atoms with E-state index in [0.717, 1.165) is 30.7 Å². The first kappa shape index (κ1) is 13.5. The highest BCUT2D eigenvalue weighted by Gasteiger charge is 2.22. The number of hydrogen-bond donors (Lipinski definition) is 1. The Balaban J connectivity index is 1.58. The van der Waals surface area contributed by atoms with E-state index < -0.39 is 0 Å². The molecular formula is C15H24N2OS. The predicted molar refractivity (Wildman–Crippen MR) is 80.5 cm³/mol. The first-order valence-corrected chi connectivity index (χ1v) is 8.51. The molecule has 0 amide bonds. The second-order valence-corrected chi connectivity index (χ2v) is 6.99. The molecule has 0 spiro atoms. The average Bonchev–Trinajstić information content (AvgIpc) is 3.15. The smallest absolute Gasteiger partial charge is 0.118 e. The largest absolute Gasteiger partial charge is 0.465 e. The van der Waals surface area contributed by atoms with Crippen molar-refractivity contribution in [1.29, 1.82) is 0 Å². The molecule has 3 nitrogen and oxygen atoms in total. The molecule has 2 aliphatic rings. The molecule has 3 rings (SSSR count). The third-order valence-electron chi connectivity index (χ3n) is 4.09. The van der Waals surface area contributed by atoms with E-state index >= 15 is 0 Å². The molecule has 19 heavy (non-hydrogen) atoms. The van der Waals surface area contributed by atoms with Crippen molar-refractivity contribution in [3.05, 3.63) is 23.2 Å². The van der Waals surface area contributed by atoms with Gasteiger partial charge in [0.05, 0.1) is 6.54 Å². The lowest BCUT2D eigenvalue weighted by molar-refractivity contribution is 0.205. The molecule has 1 aromatic heterocycles. The fraction of sp³-hybridized carbons (Fsp3) is 0.733. The summed E-state index contributed by atoms with van der Waals surface area (Å²) in [6, 6.07) is 3.67. The molecule has 1 aliphatic carbocycles. The summed E-state index contributed by atoms with van der Waals surface area (Å²) in [6.45, 7) is 7.51. The molecular weight excluding hydrogens is 256 g/mol. The zero-order valence-electron chi connectivity index (χ0n) is 11.9. The first-order chi connectivity index (χ1) is 9.22. The summed E-state index contributed by atoms with van der Waals surface area (Å²) in [6.07, 6.45) is 2.68. The minimum atomic E-state index is 0.664. The maximum atomic E-state index is 5.93. The van der Waals surface area contributed by atoms with Gasteiger partial charge in [-0.25, -0.2) is 0 Å². The highest BCUT2D eigenvalue weighted by Crippen LogP contribution is 2.23. The highest BCUT2D eigenvalue weighted by molar-refractivity contribution is 7.99. The van der Waals surface area contributed by atoms with E-state index in [2.05, 4.69) is 41.9 Å². The summed E-state index contributed by atoms with van der Waals surface area (Å²) < 4.78 is 5.93.